The molecule has 0 spiro atoms. The van der Waals surface area contributed by atoms with Gasteiger partial charge in [-0.3, -0.25) is 4.79 Å². The first kappa shape index (κ1) is 17.3. The van der Waals surface area contributed by atoms with Crippen LogP contribution in [-0.4, -0.2) is 48.7 Å². The van der Waals surface area contributed by atoms with E-state index in [0.29, 0.717) is 12.3 Å². The summed E-state index contributed by atoms with van der Waals surface area (Å²) in [4.78, 5) is 24.8. The van der Waals surface area contributed by atoms with Gasteiger partial charge in [-0.1, -0.05) is 0 Å². The highest BCUT2D eigenvalue weighted by Gasteiger charge is 2.28. The zero-order valence-electron chi connectivity index (χ0n) is 14.3. The van der Waals surface area contributed by atoms with Gasteiger partial charge >= 0.3 is 5.97 Å². The monoisotopic (exact) mass is 321 g/mol. The van der Waals surface area contributed by atoms with E-state index in [-0.39, 0.29) is 11.9 Å². The van der Waals surface area contributed by atoms with E-state index in [1.165, 1.54) is 0 Å². The lowest BCUT2D eigenvalue weighted by Crippen LogP contribution is -2.38. The fourth-order valence-electron chi connectivity index (χ4n) is 2.99. The molecule has 0 amide bonds. The molecule has 7 heteroatoms. The molecule has 0 unspecified atom stereocenters. The van der Waals surface area contributed by atoms with Crippen molar-refractivity contribution >= 4 is 23.3 Å². The number of anilines is 3. The molecule has 0 atom stereocenters. The van der Waals surface area contributed by atoms with E-state index >= 15 is 0 Å². The third kappa shape index (κ3) is 3.83. The second kappa shape index (κ2) is 7.99. The van der Waals surface area contributed by atoms with Gasteiger partial charge in [0.2, 0.25) is 0 Å². The van der Waals surface area contributed by atoms with Crippen molar-refractivity contribution in [2.24, 2.45) is 5.92 Å². The van der Waals surface area contributed by atoms with E-state index in [0.717, 1.165) is 50.7 Å². The molecule has 0 radical (unpaired) electrons. The van der Waals surface area contributed by atoms with Crippen LogP contribution in [0.1, 0.15) is 33.6 Å². The van der Waals surface area contributed by atoms with Crippen LogP contribution in [0, 0.1) is 5.92 Å². The molecule has 1 fully saturated rings. The van der Waals surface area contributed by atoms with E-state index < -0.39 is 0 Å². The molecule has 1 aromatic rings. The Hall–Kier alpha value is -2.05. The fourth-order valence-corrected chi connectivity index (χ4v) is 2.99. The van der Waals surface area contributed by atoms with Gasteiger partial charge in [-0.05, 0) is 33.6 Å². The minimum absolute atomic E-state index is 0.0171. The first-order valence-corrected chi connectivity index (χ1v) is 8.39. The lowest BCUT2D eigenvalue weighted by Gasteiger charge is -2.33. The number of carbonyl (C=O) groups is 1. The van der Waals surface area contributed by atoms with Crippen molar-refractivity contribution in [2.45, 2.75) is 33.6 Å². The van der Waals surface area contributed by atoms with Gasteiger partial charge in [0, 0.05) is 26.2 Å². The first-order chi connectivity index (χ1) is 11.1. The van der Waals surface area contributed by atoms with Gasteiger partial charge in [0.15, 0.2) is 11.6 Å². The summed E-state index contributed by atoms with van der Waals surface area (Å²) >= 11 is 0. The lowest BCUT2D eigenvalue weighted by atomic mass is 9.97. The molecule has 2 rings (SSSR count). The average molecular weight is 321 g/mol. The lowest BCUT2D eigenvalue weighted by molar-refractivity contribution is -0.148. The van der Waals surface area contributed by atoms with Crippen LogP contribution in [0.2, 0.25) is 0 Å². The molecule has 0 saturated carbocycles. The summed E-state index contributed by atoms with van der Waals surface area (Å²) in [6, 6.07) is 0. The largest absolute Gasteiger partial charge is 0.466 e. The minimum Gasteiger partial charge on any atom is -0.466 e. The van der Waals surface area contributed by atoms with Crippen LogP contribution < -0.4 is 15.5 Å². The number of hydrogen-bond acceptors (Lipinski definition) is 7. The maximum absolute atomic E-state index is 11.8. The van der Waals surface area contributed by atoms with Crippen molar-refractivity contribution in [1.29, 1.82) is 0 Å². The van der Waals surface area contributed by atoms with Crippen LogP contribution in [0.4, 0.5) is 17.3 Å². The van der Waals surface area contributed by atoms with Crippen molar-refractivity contribution in [3.8, 4) is 0 Å². The number of rotatable bonds is 6. The molecule has 2 N–H and O–H groups in total. The maximum Gasteiger partial charge on any atom is 0.309 e. The molecule has 2 heterocycles. The molecule has 0 aromatic carbocycles. The Morgan fingerprint density at radius 2 is 1.96 bits per heavy atom. The second-order valence-corrected chi connectivity index (χ2v) is 5.62. The van der Waals surface area contributed by atoms with Crippen molar-refractivity contribution in [3.05, 3.63) is 6.33 Å². The SMILES string of the molecule is CCOC(=O)C1CCN(c2ncnc(N(CC)CC)c2N)CC1. The highest BCUT2D eigenvalue weighted by atomic mass is 16.5. The molecule has 1 saturated heterocycles. The van der Waals surface area contributed by atoms with E-state index in [9.17, 15) is 4.79 Å². The summed E-state index contributed by atoms with van der Waals surface area (Å²) in [5.41, 5.74) is 6.92. The quantitative estimate of drug-likeness (QED) is 0.798. The van der Waals surface area contributed by atoms with Crippen LogP contribution >= 0.6 is 0 Å². The van der Waals surface area contributed by atoms with E-state index in [1.54, 1.807) is 6.33 Å². The van der Waals surface area contributed by atoms with Gasteiger partial charge in [-0.2, -0.15) is 0 Å². The second-order valence-electron chi connectivity index (χ2n) is 5.62. The molecule has 7 nitrogen and oxygen atoms in total. The summed E-state index contributed by atoms with van der Waals surface area (Å²) in [5.74, 6) is 1.44. The Kier molecular flexibility index (Phi) is 6.01. The zero-order valence-corrected chi connectivity index (χ0v) is 14.3. The number of nitrogens with two attached hydrogens (primary N) is 1. The number of ether oxygens (including phenoxy) is 1. The van der Waals surface area contributed by atoms with Gasteiger partial charge in [0.25, 0.3) is 0 Å². The highest BCUT2D eigenvalue weighted by molar-refractivity contribution is 5.76. The average Bonchev–Trinajstić information content (AvgIpc) is 2.58. The van der Waals surface area contributed by atoms with Crippen molar-refractivity contribution in [2.75, 3.05) is 48.3 Å². The number of nitrogen functional groups attached to an aromatic ring is 1. The molecular formula is C16H27N5O2. The van der Waals surface area contributed by atoms with Gasteiger partial charge in [0.05, 0.1) is 12.5 Å². The van der Waals surface area contributed by atoms with E-state index in [2.05, 4.69) is 33.6 Å². The van der Waals surface area contributed by atoms with Gasteiger partial charge in [-0.25, -0.2) is 9.97 Å². The topological polar surface area (TPSA) is 84.6 Å². The maximum atomic E-state index is 11.8. The number of aromatic nitrogens is 2. The summed E-state index contributed by atoms with van der Waals surface area (Å²) in [6.45, 7) is 9.63. The smallest absolute Gasteiger partial charge is 0.309 e. The van der Waals surface area contributed by atoms with Crippen molar-refractivity contribution < 1.29 is 9.53 Å². The van der Waals surface area contributed by atoms with Crippen molar-refractivity contribution in [1.82, 2.24) is 9.97 Å². The number of esters is 1. The van der Waals surface area contributed by atoms with Gasteiger partial charge < -0.3 is 20.3 Å². The Morgan fingerprint density at radius 3 is 2.52 bits per heavy atom. The molecular weight excluding hydrogens is 294 g/mol. The van der Waals surface area contributed by atoms with Crippen LogP contribution in [0.3, 0.4) is 0 Å². The number of hydrogen-bond donors (Lipinski definition) is 1. The number of carbonyl (C=O) groups excluding carboxylic acids is 1. The minimum atomic E-state index is -0.0911. The normalized spacial score (nSPS) is 15.5. The number of nitrogens with zero attached hydrogens (tertiary/aromatic N) is 4. The Morgan fingerprint density at radius 1 is 1.30 bits per heavy atom. The van der Waals surface area contributed by atoms with E-state index in [1.807, 2.05) is 6.92 Å². The fraction of sp³-hybridized carbons (Fsp3) is 0.688. The van der Waals surface area contributed by atoms with Crippen LogP contribution in [0.25, 0.3) is 0 Å². The molecule has 23 heavy (non-hydrogen) atoms. The van der Waals surface area contributed by atoms with Crippen LogP contribution in [0.15, 0.2) is 6.33 Å². The summed E-state index contributed by atoms with van der Waals surface area (Å²) in [5, 5.41) is 0. The molecule has 1 aliphatic heterocycles. The third-order valence-electron chi connectivity index (χ3n) is 4.32. The van der Waals surface area contributed by atoms with E-state index in [4.69, 9.17) is 10.5 Å². The summed E-state index contributed by atoms with van der Waals surface area (Å²) in [6.07, 6.45) is 3.10. The van der Waals surface area contributed by atoms with Gasteiger partial charge in [0.1, 0.15) is 12.0 Å². The predicted molar refractivity (Wildman–Crippen MR) is 91.6 cm³/mol. The Labute approximate surface area is 137 Å². The first-order valence-electron chi connectivity index (χ1n) is 8.39. The van der Waals surface area contributed by atoms with Crippen molar-refractivity contribution in [3.63, 3.8) is 0 Å². The zero-order chi connectivity index (χ0) is 16.8. The molecule has 0 aliphatic carbocycles. The molecule has 1 aliphatic rings. The van der Waals surface area contributed by atoms with Crippen LogP contribution in [0.5, 0.6) is 0 Å². The Balaban J connectivity index is 2.09. The van der Waals surface area contributed by atoms with Gasteiger partial charge in [-0.15, -0.1) is 0 Å². The number of piperidine rings is 1. The molecule has 0 bridgehead atoms. The summed E-state index contributed by atoms with van der Waals surface area (Å²) < 4.78 is 5.11. The third-order valence-corrected chi connectivity index (χ3v) is 4.32. The van der Waals surface area contributed by atoms with Crippen LogP contribution in [-0.2, 0) is 9.53 Å². The highest BCUT2D eigenvalue weighted by Crippen LogP contribution is 2.31. The molecule has 1 aromatic heterocycles. The Bertz CT molecular complexity index is 525. The predicted octanol–water partition coefficient (Wildman–Crippen LogP) is 1.68. The molecule has 128 valence electrons. The summed E-state index contributed by atoms with van der Waals surface area (Å²) in [7, 11) is 0. The standard InChI is InChI=1S/C16H27N5O2/c1-4-20(5-2)14-13(17)15(19-11-18-14)21-9-7-12(8-10-21)16(22)23-6-3/h11-12H,4-10,17H2,1-3H3.